The van der Waals surface area contributed by atoms with Gasteiger partial charge in [0, 0.05) is 10.2 Å². The number of carbonyl (C=O) groups is 1. The molecule has 1 N–H and O–H groups in total. The second kappa shape index (κ2) is 6.85. The predicted octanol–water partition coefficient (Wildman–Crippen LogP) is 4.44. The molecule has 0 bridgehead atoms. The number of sulfone groups is 1. The first-order valence-corrected chi connectivity index (χ1v) is 9.62. The van der Waals surface area contributed by atoms with Gasteiger partial charge in [0.15, 0.2) is 5.76 Å². The van der Waals surface area contributed by atoms with Crippen molar-refractivity contribution < 1.29 is 17.6 Å². The number of halogens is 1. The van der Waals surface area contributed by atoms with Crippen molar-refractivity contribution in [2.75, 3.05) is 5.32 Å². The van der Waals surface area contributed by atoms with E-state index in [9.17, 15) is 13.2 Å². The molecule has 3 rings (SSSR count). The number of rotatable bonds is 4. The van der Waals surface area contributed by atoms with E-state index in [4.69, 9.17) is 4.42 Å². The Morgan fingerprint density at radius 2 is 1.60 bits per heavy atom. The fourth-order valence-electron chi connectivity index (χ4n) is 2.15. The van der Waals surface area contributed by atoms with Crippen molar-refractivity contribution in [1.29, 1.82) is 0 Å². The largest absolute Gasteiger partial charge is 0.439 e. The highest BCUT2D eigenvalue weighted by atomic mass is 79.9. The lowest BCUT2D eigenvalue weighted by Gasteiger charge is -2.04. The van der Waals surface area contributed by atoms with Crippen molar-refractivity contribution in [1.82, 2.24) is 0 Å². The van der Waals surface area contributed by atoms with Crippen LogP contribution in [0.15, 0.2) is 79.5 Å². The van der Waals surface area contributed by atoms with Crippen LogP contribution >= 0.6 is 15.9 Å². The summed E-state index contributed by atoms with van der Waals surface area (Å²) in [6.07, 6.45) is 0. The van der Waals surface area contributed by atoms with Crippen LogP contribution < -0.4 is 5.32 Å². The molecule has 128 valence electrons. The topological polar surface area (TPSA) is 76.4 Å². The zero-order valence-electron chi connectivity index (χ0n) is 13.2. The lowest BCUT2D eigenvalue weighted by Crippen LogP contribution is -2.10. The Morgan fingerprint density at radius 1 is 0.960 bits per heavy atom. The van der Waals surface area contributed by atoms with Gasteiger partial charge in [-0.3, -0.25) is 4.79 Å². The van der Waals surface area contributed by atoms with Crippen molar-refractivity contribution in [3.63, 3.8) is 0 Å². The Labute approximate surface area is 153 Å². The second-order valence-corrected chi connectivity index (χ2v) is 8.19. The van der Waals surface area contributed by atoms with Crippen LogP contribution in [0.4, 0.5) is 5.69 Å². The van der Waals surface area contributed by atoms with Crippen LogP contribution in [0.1, 0.15) is 16.1 Å². The molecule has 1 heterocycles. The number of carbonyl (C=O) groups excluding carboxylic acids is 1. The van der Waals surface area contributed by atoms with E-state index in [0.717, 1.165) is 10.0 Å². The summed E-state index contributed by atoms with van der Waals surface area (Å²) in [5.41, 5.74) is 1.67. The third-order valence-corrected chi connectivity index (χ3v) is 5.67. The second-order valence-electron chi connectivity index (χ2n) is 5.40. The predicted molar refractivity (Wildman–Crippen MR) is 97.4 cm³/mol. The van der Waals surface area contributed by atoms with Gasteiger partial charge in [0.25, 0.3) is 5.91 Å². The summed E-state index contributed by atoms with van der Waals surface area (Å²) in [5, 5.41) is 2.39. The molecule has 0 saturated heterocycles. The van der Waals surface area contributed by atoms with E-state index in [2.05, 4.69) is 21.2 Å². The first-order chi connectivity index (χ1) is 11.9. The first kappa shape index (κ1) is 17.4. The van der Waals surface area contributed by atoms with E-state index >= 15 is 0 Å². The van der Waals surface area contributed by atoms with Crippen molar-refractivity contribution in [2.24, 2.45) is 0 Å². The molecule has 0 aliphatic carbocycles. The summed E-state index contributed by atoms with van der Waals surface area (Å²) in [6.45, 7) is 1.94. The van der Waals surface area contributed by atoms with Crippen molar-refractivity contribution in [3.05, 3.63) is 76.5 Å². The first-order valence-electron chi connectivity index (χ1n) is 7.35. The molecule has 7 heteroatoms. The average molecular weight is 420 g/mol. The number of benzene rings is 2. The molecule has 3 aromatic rings. The molecule has 0 aliphatic heterocycles. The smallest absolute Gasteiger partial charge is 0.291 e. The van der Waals surface area contributed by atoms with Gasteiger partial charge in [0.2, 0.25) is 14.9 Å². The van der Waals surface area contributed by atoms with Crippen LogP contribution in [0, 0.1) is 6.92 Å². The van der Waals surface area contributed by atoms with Crippen LogP contribution in [-0.2, 0) is 9.84 Å². The Hall–Kier alpha value is -2.38. The standard InChI is InChI=1S/C18H14BrNO4S/c1-12-2-6-14(7-3-12)20-18(21)16-10-11-17(24-16)25(22,23)15-8-4-13(19)5-9-15/h2-11H,1H3,(H,20,21). The number of nitrogens with one attached hydrogen (secondary N) is 1. The van der Waals surface area contributed by atoms with Crippen LogP contribution in [0.2, 0.25) is 0 Å². The zero-order valence-corrected chi connectivity index (χ0v) is 15.6. The lowest BCUT2D eigenvalue weighted by molar-refractivity contribution is 0.0991. The highest BCUT2D eigenvalue weighted by molar-refractivity contribution is 9.10. The third kappa shape index (κ3) is 3.83. The molecule has 2 aromatic carbocycles. The number of aryl methyl sites for hydroxylation is 1. The summed E-state index contributed by atoms with van der Waals surface area (Å²) in [6, 6.07) is 16.0. The van der Waals surface area contributed by atoms with Gasteiger partial charge in [-0.2, -0.15) is 0 Å². The molecule has 1 aromatic heterocycles. The molecule has 0 unspecified atom stereocenters. The van der Waals surface area contributed by atoms with Crippen LogP contribution in [0.3, 0.4) is 0 Å². The number of hydrogen-bond donors (Lipinski definition) is 1. The number of furan rings is 1. The van der Waals surface area contributed by atoms with Crippen LogP contribution in [-0.4, -0.2) is 14.3 Å². The number of hydrogen-bond acceptors (Lipinski definition) is 4. The molecule has 1 amide bonds. The van der Waals surface area contributed by atoms with Crippen LogP contribution in [0.25, 0.3) is 0 Å². The Bertz CT molecular complexity index is 1010. The minimum absolute atomic E-state index is 0.0729. The fraction of sp³-hybridized carbons (Fsp3) is 0.0556. The van der Waals surface area contributed by atoms with E-state index < -0.39 is 15.7 Å². The van der Waals surface area contributed by atoms with Gasteiger partial charge in [-0.1, -0.05) is 33.6 Å². The molecule has 0 spiro atoms. The minimum atomic E-state index is -3.81. The number of anilines is 1. The Morgan fingerprint density at radius 3 is 2.24 bits per heavy atom. The quantitative estimate of drug-likeness (QED) is 0.677. The maximum Gasteiger partial charge on any atom is 0.291 e. The summed E-state index contributed by atoms with van der Waals surface area (Å²) in [5.74, 6) is -0.586. The molecular formula is C18H14BrNO4S. The fourth-order valence-corrected chi connectivity index (χ4v) is 3.58. The normalized spacial score (nSPS) is 11.3. The summed E-state index contributed by atoms with van der Waals surface area (Å²) >= 11 is 3.26. The van der Waals surface area contributed by atoms with Crippen molar-refractivity contribution >= 4 is 37.4 Å². The average Bonchev–Trinajstić information content (AvgIpc) is 3.08. The molecule has 0 aliphatic rings. The van der Waals surface area contributed by atoms with Gasteiger partial charge in [0.1, 0.15) is 0 Å². The molecular weight excluding hydrogens is 406 g/mol. The van der Waals surface area contributed by atoms with E-state index in [0.29, 0.717) is 5.69 Å². The molecule has 25 heavy (non-hydrogen) atoms. The highest BCUT2D eigenvalue weighted by Gasteiger charge is 2.23. The van der Waals surface area contributed by atoms with E-state index in [-0.39, 0.29) is 15.7 Å². The van der Waals surface area contributed by atoms with E-state index in [1.54, 1.807) is 24.3 Å². The van der Waals surface area contributed by atoms with E-state index in [1.165, 1.54) is 24.3 Å². The molecule has 0 radical (unpaired) electrons. The van der Waals surface area contributed by atoms with Crippen molar-refractivity contribution in [2.45, 2.75) is 16.9 Å². The number of amides is 1. The van der Waals surface area contributed by atoms with Gasteiger partial charge in [-0.05, 0) is 55.5 Å². The molecule has 5 nitrogen and oxygen atoms in total. The van der Waals surface area contributed by atoms with Gasteiger partial charge in [0.05, 0.1) is 4.90 Å². The van der Waals surface area contributed by atoms with Gasteiger partial charge in [-0.15, -0.1) is 0 Å². The molecule has 0 fully saturated rings. The third-order valence-electron chi connectivity index (χ3n) is 3.50. The van der Waals surface area contributed by atoms with E-state index in [1.807, 2.05) is 19.1 Å². The Balaban J connectivity index is 1.82. The SMILES string of the molecule is Cc1ccc(NC(=O)c2ccc(S(=O)(=O)c3ccc(Br)cc3)o2)cc1. The summed E-state index contributed by atoms with van der Waals surface area (Å²) in [7, 11) is -3.81. The maximum absolute atomic E-state index is 12.5. The van der Waals surface area contributed by atoms with Gasteiger partial charge >= 0.3 is 0 Å². The van der Waals surface area contributed by atoms with Crippen molar-refractivity contribution in [3.8, 4) is 0 Å². The highest BCUT2D eigenvalue weighted by Crippen LogP contribution is 2.24. The molecule has 0 atom stereocenters. The maximum atomic E-state index is 12.5. The lowest BCUT2D eigenvalue weighted by atomic mass is 10.2. The zero-order chi connectivity index (χ0) is 18.0. The summed E-state index contributed by atoms with van der Waals surface area (Å²) < 4.78 is 31.1. The monoisotopic (exact) mass is 419 g/mol. The van der Waals surface area contributed by atoms with Crippen LogP contribution in [0.5, 0.6) is 0 Å². The molecule has 0 saturated carbocycles. The minimum Gasteiger partial charge on any atom is -0.439 e. The summed E-state index contributed by atoms with van der Waals surface area (Å²) in [4.78, 5) is 12.3. The van der Waals surface area contributed by atoms with Gasteiger partial charge in [-0.25, -0.2) is 8.42 Å². The Kier molecular flexibility index (Phi) is 4.78. The van der Waals surface area contributed by atoms with Gasteiger partial charge < -0.3 is 9.73 Å².